The summed E-state index contributed by atoms with van der Waals surface area (Å²) in [6.07, 6.45) is 0. The van der Waals surface area contributed by atoms with Crippen molar-refractivity contribution in [2.24, 2.45) is 0 Å². The maximum absolute atomic E-state index is 11.1. The second-order valence-electron chi connectivity index (χ2n) is 4.51. The molecule has 0 saturated carbocycles. The minimum Gasteiger partial charge on any atom is -0.325 e. The average Bonchev–Trinajstić information content (AvgIpc) is 2.17. The van der Waals surface area contributed by atoms with E-state index in [1.165, 1.54) is 5.56 Å². The Morgan fingerprint density at radius 1 is 1.40 bits per heavy atom. The summed E-state index contributed by atoms with van der Waals surface area (Å²) >= 11 is 5.42. The summed E-state index contributed by atoms with van der Waals surface area (Å²) in [5.41, 5.74) is 2.07. The topological polar surface area (TPSA) is 29.1 Å². The van der Waals surface area contributed by atoms with E-state index in [0.29, 0.717) is 0 Å². The fourth-order valence-electron chi connectivity index (χ4n) is 1.26. The van der Waals surface area contributed by atoms with E-state index in [1.54, 1.807) is 0 Å². The van der Waals surface area contributed by atoms with Gasteiger partial charge >= 0.3 is 0 Å². The molecule has 0 spiro atoms. The highest BCUT2D eigenvalue weighted by molar-refractivity contribution is 6.29. The first-order chi connectivity index (χ1) is 6.93. The first-order valence-corrected chi connectivity index (χ1v) is 5.43. The molecule has 1 aromatic carbocycles. The van der Waals surface area contributed by atoms with Gasteiger partial charge in [-0.15, -0.1) is 11.6 Å². The fraction of sp³-hybridized carbons (Fsp3) is 0.417. The van der Waals surface area contributed by atoms with Crippen molar-refractivity contribution in [1.29, 1.82) is 0 Å². The molecule has 0 fully saturated rings. The largest absolute Gasteiger partial charge is 0.325 e. The van der Waals surface area contributed by atoms with Gasteiger partial charge in [-0.25, -0.2) is 0 Å². The molecule has 2 nitrogen and oxygen atoms in total. The van der Waals surface area contributed by atoms with Crippen LogP contribution in [0.4, 0.5) is 5.69 Å². The van der Waals surface area contributed by atoms with Crippen LogP contribution in [0.15, 0.2) is 24.3 Å². The maximum atomic E-state index is 11.1. The highest BCUT2D eigenvalue weighted by Crippen LogP contribution is 2.24. The van der Waals surface area contributed by atoms with E-state index in [1.807, 2.05) is 18.2 Å². The van der Waals surface area contributed by atoms with Crippen LogP contribution in [0.25, 0.3) is 0 Å². The van der Waals surface area contributed by atoms with E-state index in [-0.39, 0.29) is 17.2 Å². The van der Waals surface area contributed by atoms with Gasteiger partial charge in [0, 0.05) is 5.69 Å². The predicted octanol–water partition coefficient (Wildman–Crippen LogP) is 3.16. The highest BCUT2D eigenvalue weighted by atomic mass is 35.5. The number of nitrogens with one attached hydrogen (secondary N) is 1. The van der Waals surface area contributed by atoms with E-state index in [4.69, 9.17) is 11.6 Å². The zero-order valence-electron chi connectivity index (χ0n) is 9.30. The van der Waals surface area contributed by atoms with Crippen molar-refractivity contribution in [2.75, 3.05) is 11.2 Å². The number of hydrogen-bond donors (Lipinski definition) is 1. The predicted molar refractivity (Wildman–Crippen MR) is 64.5 cm³/mol. The summed E-state index contributed by atoms with van der Waals surface area (Å²) in [7, 11) is 0. The van der Waals surface area contributed by atoms with E-state index in [9.17, 15) is 4.79 Å². The van der Waals surface area contributed by atoms with Gasteiger partial charge in [-0.05, 0) is 23.1 Å². The Kier molecular flexibility index (Phi) is 3.75. The van der Waals surface area contributed by atoms with Gasteiger partial charge in [0.2, 0.25) is 5.91 Å². The molecule has 0 aliphatic heterocycles. The number of amides is 1. The normalized spacial score (nSPS) is 11.2. The minimum atomic E-state index is -0.178. The first kappa shape index (κ1) is 12.1. The van der Waals surface area contributed by atoms with Crippen LogP contribution in [0.1, 0.15) is 26.3 Å². The lowest BCUT2D eigenvalue weighted by Gasteiger charge is -2.19. The Balaban J connectivity index is 2.88. The third kappa shape index (κ3) is 3.56. The van der Waals surface area contributed by atoms with Crippen LogP contribution in [0.2, 0.25) is 0 Å². The molecule has 1 amide bonds. The summed E-state index contributed by atoms with van der Waals surface area (Å²) in [5, 5.41) is 2.73. The van der Waals surface area contributed by atoms with Crippen molar-refractivity contribution in [1.82, 2.24) is 0 Å². The van der Waals surface area contributed by atoms with Crippen LogP contribution < -0.4 is 5.32 Å². The lowest BCUT2D eigenvalue weighted by Crippen LogP contribution is -2.15. The Hall–Kier alpha value is -1.02. The Labute approximate surface area is 95.6 Å². The highest BCUT2D eigenvalue weighted by Gasteiger charge is 2.13. The number of hydrogen-bond acceptors (Lipinski definition) is 1. The number of alkyl halides is 1. The molecule has 3 heteroatoms. The fourth-order valence-corrected chi connectivity index (χ4v) is 1.32. The van der Waals surface area contributed by atoms with Crippen LogP contribution in [0, 0.1) is 0 Å². The molecule has 0 aliphatic rings. The van der Waals surface area contributed by atoms with E-state index in [0.717, 1.165) is 5.69 Å². The number of benzene rings is 1. The number of carbonyl (C=O) groups excluding carboxylic acids is 1. The summed E-state index contributed by atoms with van der Waals surface area (Å²) < 4.78 is 0. The lowest BCUT2D eigenvalue weighted by molar-refractivity contribution is -0.113. The maximum Gasteiger partial charge on any atom is 0.239 e. The van der Waals surface area contributed by atoms with E-state index < -0.39 is 0 Å². The first-order valence-electron chi connectivity index (χ1n) is 4.90. The van der Waals surface area contributed by atoms with Crippen molar-refractivity contribution < 1.29 is 4.79 Å². The molecule has 0 saturated heterocycles. The molecule has 1 rings (SSSR count). The van der Waals surface area contributed by atoms with Gasteiger partial charge in [0.1, 0.15) is 5.88 Å². The number of rotatable bonds is 2. The molecule has 82 valence electrons. The molecule has 0 heterocycles. The van der Waals surface area contributed by atoms with Crippen molar-refractivity contribution in [2.45, 2.75) is 26.2 Å². The van der Waals surface area contributed by atoms with Crippen LogP contribution in [0.3, 0.4) is 0 Å². The third-order valence-corrected chi connectivity index (χ3v) is 2.38. The zero-order chi connectivity index (χ0) is 11.5. The second kappa shape index (κ2) is 4.67. The van der Waals surface area contributed by atoms with Gasteiger partial charge in [0.05, 0.1) is 0 Å². The van der Waals surface area contributed by atoms with Gasteiger partial charge in [-0.2, -0.15) is 0 Å². The summed E-state index contributed by atoms with van der Waals surface area (Å²) in [5.74, 6) is -0.192. The van der Waals surface area contributed by atoms with Crippen molar-refractivity contribution in [3.63, 3.8) is 0 Å². The Morgan fingerprint density at radius 3 is 2.60 bits per heavy atom. The van der Waals surface area contributed by atoms with Crippen LogP contribution in [-0.2, 0) is 10.2 Å². The summed E-state index contributed by atoms with van der Waals surface area (Å²) in [6, 6.07) is 7.82. The standard InChI is InChI=1S/C12H16ClNO/c1-12(2,3)9-5-4-6-10(7-9)14-11(15)8-13/h4-7H,8H2,1-3H3,(H,14,15). The SMILES string of the molecule is CC(C)(C)c1cccc(NC(=O)CCl)c1. The molecule has 0 aromatic heterocycles. The third-order valence-electron chi connectivity index (χ3n) is 2.13. The summed E-state index contributed by atoms with van der Waals surface area (Å²) in [6.45, 7) is 6.40. The van der Waals surface area contributed by atoms with Crippen LogP contribution >= 0.6 is 11.6 Å². The number of anilines is 1. The average molecular weight is 226 g/mol. The van der Waals surface area contributed by atoms with Gasteiger partial charge < -0.3 is 5.32 Å². The number of carbonyl (C=O) groups is 1. The summed E-state index contributed by atoms with van der Waals surface area (Å²) in [4.78, 5) is 11.1. The van der Waals surface area contributed by atoms with Crippen molar-refractivity contribution in [3.8, 4) is 0 Å². The smallest absolute Gasteiger partial charge is 0.239 e. The molecule has 0 unspecified atom stereocenters. The molecule has 1 aromatic rings. The zero-order valence-corrected chi connectivity index (χ0v) is 10.1. The lowest BCUT2D eigenvalue weighted by atomic mass is 9.87. The number of halogens is 1. The van der Waals surface area contributed by atoms with Gasteiger partial charge in [0.15, 0.2) is 0 Å². The molecule has 0 aliphatic carbocycles. The second-order valence-corrected chi connectivity index (χ2v) is 4.78. The molecule has 0 radical (unpaired) electrons. The molecular weight excluding hydrogens is 210 g/mol. The molecule has 0 bridgehead atoms. The molecule has 0 atom stereocenters. The molecule has 15 heavy (non-hydrogen) atoms. The Morgan fingerprint density at radius 2 is 2.07 bits per heavy atom. The minimum absolute atomic E-state index is 0.0141. The van der Waals surface area contributed by atoms with Gasteiger partial charge in [0.25, 0.3) is 0 Å². The van der Waals surface area contributed by atoms with E-state index >= 15 is 0 Å². The Bertz CT molecular complexity index is 355. The monoisotopic (exact) mass is 225 g/mol. The van der Waals surface area contributed by atoms with Crippen LogP contribution in [0.5, 0.6) is 0 Å². The molecule has 1 N–H and O–H groups in total. The molecular formula is C12H16ClNO. The van der Waals surface area contributed by atoms with Gasteiger partial charge in [-0.3, -0.25) is 4.79 Å². The van der Waals surface area contributed by atoms with Crippen molar-refractivity contribution >= 4 is 23.2 Å². The van der Waals surface area contributed by atoms with Crippen LogP contribution in [-0.4, -0.2) is 11.8 Å². The quantitative estimate of drug-likeness (QED) is 0.770. The van der Waals surface area contributed by atoms with Crippen molar-refractivity contribution in [3.05, 3.63) is 29.8 Å². The van der Waals surface area contributed by atoms with E-state index in [2.05, 4.69) is 32.2 Å². The van der Waals surface area contributed by atoms with Gasteiger partial charge in [-0.1, -0.05) is 32.9 Å².